The van der Waals surface area contributed by atoms with Crippen molar-refractivity contribution >= 4 is 22.8 Å². The number of aliphatic carboxylic acids is 1. The van der Waals surface area contributed by atoms with E-state index in [1.54, 1.807) is 43.3 Å². The lowest BCUT2D eigenvalue weighted by Gasteiger charge is -2.22. The van der Waals surface area contributed by atoms with Gasteiger partial charge < -0.3 is 24.4 Å². The van der Waals surface area contributed by atoms with E-state index >= 15 is 0 Å². The Morgan fingerprint density at radius 2 is 1.86 bits per heavy atom. The molecule has 7 heteroatoms. The molecule has 0 aliphatic rings. The van der Waals surface area contributed by atoms with Gasteiger partial charge in [0.2, 0.25) is 0 Å². The maximum absolute atomic E-state index is 12.4. The highest BCUT2D eigenvalue weighted by Crippen LogP contribution is 2.23. The third-order valence-corrected chi connectivity index (χ3v) is 4.49. The Morgan fingerprint density at radius 3 is 2.55 bits per heavy atom. The monoisotopic (exact) mass is 394 g/mol. The van der Waals surface area contributed by atoms with E-state index in [1.807, 2.05) is 6.07 Å². The maximum Gasteiger partial charge on any atom is 0.336 e. The lowest BCUT2D eigenvalue weighted by Crippen LogP contribution is -2.52. The second-order valence-electron chi connectivity index (χ2n) is 6.74. The zero-order chi connectivity index (χ0) is 21.0. The van der Waals surface area contributed by atoms with Crippen LogP contribution in [0.15, 0.2) is 63.8 Å². The van der Waals surface area contributed by atoms with Gasteiger partial charge in [0.1, 0.15) is 11.3 Å². The number of rotatable bonds is 7. The highest BCUT2D eigenvalue weighted by molar-refractivity contribution is 5.86. The van der Waals surface area contributed by atoms with Crippen LogP contribution in [0.5, 0.6) is 5.75 Å². The van der Waals surface area contributed by atoms with Gasteiger partial charge in [-0.15, -0.1) is 0 Å². The predicted molar refractivity (Wildman–Crippen MR) is 104 cm³/mol. The van der Waals surface area contributed by atoms with E-state index < -0.39 is 29.6 Å². The summed E-state index contributed by atoms with van der Waals surface area (Å²) in [5, 5.41) is 14.6. The number of fused-ring (bicyclic) bond motifs is 1. The Hall–Kier alpha value is -3.61. The van der Waals surface area contributed by atoms with Gasteiger partial charge in [0.25, 0.3) is 5.91 Å². The van der Waals surface area contributed by atoms with Crippen LogP contribution in [0, 0.1) is 6.92 Å². The highest BCUT2D eigenvalue weighted by atomic mass is 16.5. The molecule has 2 aromatic carbocycles. The molecule has 0 radical (unpaired) electrons. The van der Waals surface area contributed by atoms with Crippen molar-refractivity contribution in [3.8, 4) is 5.75 Å². The molecule has 29 heavy (non-hydrogen) atoms. The first kappa shape index (κ1) is 20.1. The van der Waals surface area contributed by atoms with Gasteiger partial charge in [0.05, 0.1) is 12.0 Å². The molecule has 0 saturated carbocycles. The van der Waals surface area contributed by atoms with Gasteiger partial charge in [-0.05, 0) is 43.5 Å². The summed E-state index contributed by atoms with van der Waals surface area (Å²) in [7, 11) is 0. The van der Waals surface area contributed by atoms with Gasteiger partial charge in [-0.25, -0.2) is 4.79 Å². The summed E-state index contributed by atoms with van der Waals surface area (Å²) < 4.78 is 10.8. The molecule has 1 aromatic heterocycles. The van der Waals surface area contributed by atoms with Crippen LogP contribution in [0.4, 0.5) is 0 Å². The van der Waals surface area contributed by atoms with Gasteiger partial charge in [0.15, 0.2) is 6.10 Å². The van der Waals surface area contributed by atoms with Gasteiger partial charge in [0, 0.05) is 17.5 Å². The molecule has 3 aromatic rings. The predicted octanol–water partition coefficient (Wildman–Crippen LogP) is 1.35. The molecule has 0 saturated heterocycles. The topological polar surface area (TPSA) is 109 Å². The molecule has 2 atom stereocenters. The van der Waals surface area contributed by atoms with E-state index in [4.69, 9.17) is 9.15 Å². The summed E-state index contributed by atoms with van der Waals surface area (Å²) in [6.45, 7) is 3.30. The van der Waals surface area contributed by atoms with Crippen LogP contribution < -0.4 is 20.8 Å². The van der Waals surface area contributed by atoms with Crippen LogP contribution in [-0.4, -0.2) is 24.0 Å². The van der Waals surface area contributed by atoms with E-state index in [2.05, 4.69) is 5.32 Å². The van der Waals surface area contributed by atoms with Gasteiger partial charge in [-0.3, -0.25) is 4.79 Å². The molecular formula is C22H20NO6-. The average molecular weight is 394 g/mol. The number of ether oxygens (including phenoxy) is 1. The largest absolute Gasteiger partial charge is 0.548 e. The molecule has 1 heterocycles. The Balaban J connectivity index is 1.70. The molecule has 150 valence electrons. The molecule has 3 rings (SSSR count). The van der Waals surface area contributed by atoms with E-state index in [0.29, 0.717) is 11.3 Å². The van der Waals surface area contributed by atoms with E-state index in [0.717, 1.165) is 16.5 Å². The van der Waals surface area contributed by atoms with Crippen LogP contribution in [0.3, 0.4) is 0 Å². The summed E-state index contributed by atoms with van der Waals surface area (Å²) in [5.41, 5.74) is 1.40. The number of nitrogens with one attached hydrogen (secondary N) is 1. The SMILES string of the molecule is Cc1cc(=O)oc2cc(O[C@@H](C)C(=O)N[C@@H](Cc3ccccc3)C(=O)[O-])ccc12. The zero-order valence-electron chi connectivity index (χ0n) is 16.0. The molecular weight excluding hydrogens is 374 g/mol. The van der Waals surface area contributed by atoms with Crippen LogP contribution in [0.1, 0.15) is 18.1 Å². The van der Waals surface area contributed by atoms with Crippen molar-refractivity contribution in [3.05, 3.63) is 76.1 Å². The first-order valence-electron chi connectivity index (χ1n) is 9.10. The molecule has 1 amide bonds. The second-order valence-corrected chi connectivity index (χ2v) is 6.74. The fraction of sp³-hybridized carbons (Fsp3) is 0.227. The zero-order valence-corrected chi connectivity index (χ0v) is 16.0. The lowest BCUT2D eigenvalue weighted by atomic mass is 10.1. The van der Waals surface area contributed by atoms with Crippen molar-refractivity contribution in [2.45, 2.75) is 32.4 Å². The summed E-state index contributed by atoms with van der Waals surface area (Å²) in [4.78, 5) is 35.4. The Bertz CT molecular complexity index is 1090. The van der Waals surface area contributed by atoms with Crippen molar-refractivity contribution in [2.24, 2.45) is 0 Å². The van der Waals surface area contributed by atoms with Crippen molar-refractivity contribution in [1.82, 2.24) is 5.32 Å². The number of carboxylic acid groups (broad SMARTS) is 1. The Morgan fingerprint density at radius 1 is 1.14 bits per heavy atom. The summed E-state index contributed by atoms with van der Waals surface area (Å²) >= 11 is 0. The smallest absolute Gasteiger partial charge is 0.336 e. The van der Waals surface area contributed by atoms with Gasteiger partial charge in [-0.1, -0.05) is 30.3 Å². The van der Waals surface area contributed by atoms with Crippen LogP contribution >= 0.6 is 0 Å². The molecule has 0 aliphatic carbocycles. The normalized spacial score (nSPS) is 12.9. The summed E-state index contributed by atoms with van der Waals surface area (Å²) in [5.74, 6) is -1.65. The third-order valence-electron chi connectivity index (χ3n) is 4.49. The number of hydrogen-bond acceptors (Lipinski definition) is 6. The fourth-order valence-electron chi connectivity index (χ4n) is 2.97. The number of benzene rings is 2. The highest BCUT2D eigenvalue weighted by Gasteiger charge is 2.20. The third kappa shape index (κ3) is 5.01. The van der Waals surface area contributed by atoms with Crippen molar-refractivity contribution < 1.29 is 23.8 Å². The quantitative estimate of drug-likeness (QED) is 0.606. The van der Waals surface area contributed by atoms with Crippen LogP contribution in [0.2, 0.25) is 0 Å². The van der Waals surface area contributed by atoms with Crippen LogP contribution in [0.25, 0.3) is 11.0 Å². The van der Waals surface area contributed by atoms with Gasteiger partial charge in [-0.2, -0.15) is 0 Å². The number of carbonyl (C=O) groups excluding carboxylic acids is 2. The number of hydrogen-bond donors (Lipinski definition) is 1. The van der Waals surface area contributed by atoms with Crippen molar-refractivity contribution in [1.29, 1.82) is 0 Å². The molecule has 0 fully saturated rings. The standard InChI is InChI=1S/C22H21NO6/c1-13-10-20(24)29-19-12-16(8-9-17(13)19)28-14(2)21(25)23-18(22(26)27)11-15-6-4-3-5-7-15/h3-10,12,14,18H,11H2,1-2H3,(H,23,25)(H,26,27)/p-1/t14-,18-/m0/s1. The molecule has 7 nitrogen and oxygen atoms in total. The summed E-state index contributed by atoms with van der Waals surface area (Å²) in [6, 6.07) is 14.0. The number of carboxylic acids is 1. The Labute approximate surface area is 166 Å². The molecule has 0 unspecified atom stereocenters. The second kappa shape index (κ2) is 8.60. The molecule has 1 N–H and O–H groups in total. The minimum atomic E-state index is -1.38. The minimum Gasteiger partial charge on any atom is -0.548 e. The van der Waals surface area contributed by atoms with Gasteiger partial charge >= 0.3 is 5.63 Å². The van der Waals surface area contributed by atoms with Crippen molar-refractivity contribution in [3.63, 3.8) is 0 Å². The maximum atomic E-state index is 12.4. The first-order valence-corrected chi connectivity index (χ1v) is 9.10. The number of amides is 1. The van der Waals surface area contributed by atoms with Crippen LogP contribution in [-0.2, 0) is 16.0 Å². The fourth-order valence-corrected chi connectivity index (χ4v) is 2.97. The average Bonchev–Trinajstić information content (AvgIpc) is 2.67. The minimum absolute atomic E-state index is 0.0992. The molecule has 0 spiro atoms. The van der Waals surface area contributed by atoms with E-state index in [-0.39, 0.29) is 6.42 Å². The first-order chi connectivity index (χ1) is 13.8. The molecule has 0 aliphatic heterocycles. The Kier molecular flexibility index (Phi) is 5.97. The van der Waals surface area contributed by atoms with E-state index in [1.165, 1.54) is 19.1 Å². The van der Waals surface area contributed by atoms with E-state index in [9.17, 15) is 19.5 Å². The summed E-state index contributed by atoms with van der Waals surface area (Å²) in [6.07, 6.45) is -0.871. The number of aryl methyl sites for hydroxylation is 1. The number of carbonyl (C=O) groups is 2. The lowest BCUT2D eigenvalue weighted by molar-refractivity contribution is -0.308. The molecule has 0 bridgehead atoms. The van der Waals surface area contributed by atoms with Crippen molar-refractivity contribution in [2.75, 3.05) is 0 Å².